The summed E-state index contributed by atoms with van der Waals surface area (Å²) in [7, 11) is 1.91. The van der Waals surface area contributed by atoms with Crippen molar-refractivity contribution in [2.75, 3.05) is 7.05 Å². The number of amides is 1. The highest BCUT2D eigenvalue weighted by atomic mass is 32.1. The van der Waals surface area contributed by atoms with E-state index in [0.717, 1.165) is 23.4 Å². The average Bonchev–Trinajstić information content (AvgIpc) is 3.09. The fraction of sp³-hybridized carbons (Fsp3) is 0.556. The van der Waals surface area contributed by atoms with Crippen LogP contribution in [0.4, 0.5) is 0 Å². The van der Waals surface area contributed by atoms with Crippen molar-refractivity contribution in [3.63, 3.8) is 0 Å². The van der Waals surface area contributed by atoms with Crippen LogP contribution < -0.4 is 5.32 Å². The van der Waals surface area contributed by atoms with Gasteiger partial charge in [0, 0.05) is 25.6 Å². The molecule has 122 valence electrons. The second kappa shape index (κ2) is 6.21. The third-order valence-corrected chi connectivity index (χ3v) is 6.19. The Morgan fingerprint density at radius 2 is 2.04 bits per heavy atom. The van der Waals surface area contributed by atoms with Crippen LogP contribution in [0.15, 0.2) is 24.3 Å². The van der Waals surface area contributed by atoms with Gasteiger partial charge in [-0.25, -0.2) is 4.98 Å². The van der Waals surface area contributed by atoms with Crippen LogP contribution in [0.2, 0.25) is 0 Å². The normalized spacial score (nSPS) is 26.6. The number of rotatable bonds is 4. The Hall–Kier alpha value is -1.46. The van der Waals surface area contributed by atoms with Crippen LogP contribution in [0.3, 0.4) is 0 Å². The van der Waals surface area contributed by atoms with E-state index in [0.29, 0.717) is 31.0 Å². The number of carbonyl (C=O) groups is 1. The summed E-state index contributed by atoms with van der Waals surface area (Å²) in [6.45, 7) is 0.621. The minimum atomic E-state index is 0.260. The largest absolute Gasteiger partial charge is 0.339 e. The van der Waals surface area contributed by atoms with Gasteiger partial charge in [-0.05, 0) is 43.7 Å². The summed E-state index contributed by atoms with van der Waals surface area (Å²) in [5, 5.41) is 4.67. The molecule has 0 radical (unpaired) electrons. The van der Waals surface area contributed by atoms with E-state index in [1.165, 1.54) is 17.5 Å². The van der Waals surface area contributed by atoms with Gasteiger partial charge in [-0.3, -0.25) is 4.79 Å². The quantitative estimate of drug-likeness (QED) is 0.937. The maximum atomic E-state index is 12.5. The first-order valence-corrected chi connectivity index (χ1v) is 9.33. The molecule has 2 fully saturated rings. The Kier molecular flexibility index (Phi) is 4.07. The molecule has 2 aliphatic rings. The Balaban J connectivity index is 1.36. The fourth-order valence-electron chi connectivity index (χ4n) is 4.02. The van der Waals surface area contributed by atoms with Crippen molar-refractivity contribution in [3.8, 4) is 0 Å². The molecule has 23 heavy (non-hydrogen) atoms. The monoisotopic (exact) mass is 329 g/mol. The highest BCUT2D eigenvalue weighted by Crippen LogP contribution is 2.33. The molecule has 3 heterocycles. The van der Waals surface area contributed by atoms with Gasteiger partial charge in [0.25, 0.3) is 0 Å². The van der Waals surface area contributed by atoms with E-state index in [9.17, 15) is 4.79 Å². The summed E-state index contributed by atoms with van der Waals surface area (Å²) in [6.07, 6.45) is 5.60. The molecule has 0 saturated carbocycles. The summed E-state index contributed by atoms with van der Waals surface area (Å²) in [6, 6.07) is 9.46. The molecule has 4 nitrogen and oxygen atoms in total. The predicted molar refractivity (Wildman–Crippen MR) is 93.4 cm³/mol. The van der Waals surface area contributed by atoms with Gasteiger partial charge in [0.15, 0.2) is 0 Å². The van der Waals surface area contributed by atoms with E-state index >= 15 is 0 Å². The van der Waals surface area contributed by atoms with Gasteiger partial charge in [0.2, 0.25) is 5.91 Å². The molecule has 1 amide bonds. The second-order valence-electron chi connectivity index (χ2n) is 7.00. The predicted octanol–water partition coefficient (Wildman–Crippen LogP) is 3.18. The number of piperidine rings is 1. The molecule has 2 unspecified atom stereocenters. The number of para-hydroxylation sites is 1. The van der Waals surface area contributed by atoms with E-state index < -0.39 is 0 Å². The number of benzene rings is 1. The maximum absolute atomic E-state index is 12.5. The lowest BCUT2D eigenvalue weighted by atomic mass is 9.89. The smallest absolute Gasteiger partial charge is 0.222 e. The van der Waals surface area contributed by atoms with Crippen molar-refractivity contribution < 1.29 is 4.79 Å². The molecule has 2 aromatic rings. The van der Waals surface area contributed by atoms with E-state index in [2.05, 4.69) is 16.4 Å². The van der Waals surface area contributed by atoms with Crippen LogP contribution in [-0.4, -0.2) is 34.9 Å². The topological polar surface area (TPSA) is 45.2 Å². The summed E-state index contributed by atoms with van der Waals surface area (Å²) in [5.41, 5.74) is 1.03. The Labute approximate surface area is 140 Å². The lowest BCUT2D eigenvalue weighted by Crippen LogP contribution is -2.39. The second-order valence-corrected chi connectivity index (χ2v) is 8.12. The van der Waals surface area contributed by atoms with Crippen LogP contribution in [0.25, 0.3) is 10.2 Å². The first-order chi connectivity index (χ1) is 11.2. The number of nitrogens with one attached hydrogen (secondary N) is 1. The number of aromatic nitrogens is 1. The first-order valence-electron chi connectivity index (χ1n) is 8.52. The minimum Gasteiger partial charge on any atom is -0.339 e. The number of hydrogen-bond donors (Lipinski definition) is 1. The summed E-state index contributed by atoms with van der Waals surface area (Å²) in [5.74, 6) is 0.814. The zero-order chi connectivity index (χ0) is 15.8. The molecular formula is C18H23N3OS. The summed E-state index contributed by atoms with van der Waals surface area (Å²) < 4.78 is 1.19. The molecule has 2 atom stereocenters. The van der Waals surface area contributed by atoms with Crippen LogP contribution in [-0.2, 0) is 11.3 Å². The third-order valence-electron chi connectivity index (χ3n) is 5.17. The van der Waals surface area contributed by atoms with Gasteiger partial charge in [0.1, 0.15) is 5.01 Å². The molecule has 2 bridgehead atoms. The zero-order valence-corrected chi connectivity index (χ0v) is 14.3. The van der Waals surface area contributed by atoms with Gasteiger partial charge >= 0.3 is 0 Å². The van der Waals surface area contributed by atoms with Crippen molar-refractivity contribution in [2.24, 2.45) is 5.92 Å². The Morgan fingerprint density at radius 3 is 2.78 bits per heavy atom. The highest BCUT2D eigenvalue weighted by Gasteiger charge is 2.34. The van der Waals surface area contributed by atoms with Crippen molar-refractivity contribution in [3.05, 3.63) is 29.3 Å². The number of fused-ring (bicyclic) bond motifs is 3. The highest BCUT2D eigenvalue weighted by molar-refractivity contribution is 7.18. The van der Waals surface area contributed by atoms with Gasteiger partial charge in [-0.15, -0.1) is 11.3 Å². The van der Waals surface area contributed by atoms with Gasteiger partial charge in [-0.2, -0.15) is 0 Å². The Morgan fingerprint density at radius 1 is 1.30 bits per heavy atom. The molecule has 0 aliphatic carbocycles. The molecule has 1 aromatic heterocycles. The minimum absolute atomic E-state index is 0.260. The molecule has 2 aliphatic heterocycles. The van der Waals surface area contributed by atoms with E-state index in [4.69, 9.17) is 0 Å². The maximum Gasteiger partial charge on any atom is 0.222 e. The zero-order valence-electron chi connectivity index (χ0n) is 13.5. The van der Waals surface area contributed by atoms with Gasteiger partial charge in [0.05, 0.1) is 16.8 Å². The van der Waals surface area contributed by atoms with Crippen LogP contribution in [0, 0.1) is 5.92 Å². The molecule has 5 heteroatoms. The summed E-state index contributed by atoms with van der Waals surface area (Å²) >= 11 is 1.68. The van der Waals surface area contributed by atoms with Crippen LogP contribution in [0.1, 0.15) is 37.1 Å². The summed E-state index contributed by atoms with van der Waals surface area (Å²) in [4.78, 5) is 19.0. The van der Waals surface area contributed by atoms with Crippen molar-refractivity contribution in [1.29, 1.82) is 0 Å². The van der Waals surface area contributed by atoms with E-state index in [-0.39, 0.29) is 5.91 Å². The van der Waals surface area contributed by atoms with E-state index in [1.807, 2.05) is 30.1 Å². The Bertz CT molecular complexity index is 668. The standard InChI is InChI=1S/C18H23N3OS/c1-21(11-17-20-15-4-2-3-5-16(15)23-17)18(22)10-12-8-13-6-7-14(9-12)19-13/h2-5,12-14,19H,6-11H2,1H3. The number of nitrogens with zero attached hydrogens (tertiary/aromatic N) is 2. The van der Waals surface area contributed by atoms with E-state index in [1.54, 1.807) is 11.3 Å². The number of thiazole rings is 1. The SMILES string of the molecule is CN(Cc1nc2ccccc2s1)C(=O)CC1CC2CCC(C1)N2. The molecule has 1 N–H and O–H groups in total. The number of carbonyl (C=O) groups excluding carboxylic acids is 1. The fourth-order valence-corrected chi connectivity index (χ4v) is 5.04. The molecular weight excluding hydrogens is 306 g/mol. The molecule has 1 aromatic carbocycles. The number of hydrogen-bond acceptors (Lipinski definition) is 4. The average molecular weight is 329 g/mol. The molecule has 0 spiro atoms. The lowest BCUT2D eigenvalue weighted by Gasteiger charge is -2.29. The van der Waals surface area contributed by atoms with Crippen LogP contribution in [0.5, 0.6) is 0 Å². The molecule has 4 rings (SSSR count). The van der Waals surface area contributed by atoms with Gasteiger partial charge in [-0.1, -0.05) is 12.1 Å². The molecule has 2 saturated heterocycles. The lowest BCUT2D eigenvalue weighted by molar-refractivity contribution is -0.131. The van der Waals surface area contributed by atoms with Crippen molar-refractivity contribution in [1.82, 2.24) is 15.2 Å². The first kappa shape index (κ1) is 15.1. The third kappa shape index (κ3) is 3.26. The van der Waals surface area contributed by atoms with Crippen LogP contribution >= 0.6 is 11.3 Å². The van der Waals surface area contributed by atoms with Crippen molar-refractivity contribution >= 4 is 27.5 Å². The van der Waals surface area contributed by atoms with Gasteiger partial charge < -0.3 is 10.2 Å². The van der Waals surface area contributed by atoms with Crippen molar-refractivity contribution in [2.45, 2.75) is 50.7 Å².